The van der Waals surface area contributed by atoms with E-state index in [-0.39, 0.29) is 5.56 Å². The summed E-state index contributed by atoms with van der Waals surface area (Å²) >= 11 is 5.79. The third-order valence-corrected chi connectivity index (χ3v) is 2.61. The maximum atomic E-state index is 13.1. The highest BCUT2D eigenvalue weighted by Gasteiger charge is 2.05. The Morgan fingerprint density at radius 2 is 2.00 bits per heavy atom. The minimum absolute atomic E-state index is 0.0208. The third-order valence-electron chi connectivity index (χ3n) is 2.38. The van der Waals surface area contributed by atoms with Crippen molar-refractivity contribution >= 4 is 28.7 Å². The Morgan fingerprint density at radius 3 is 2.67 bits per heavy atom. The van der Waals surface area contributed by atoms with Crippen LogP contribution in [0.2, 0.25) is 5.02 Å². The van der Waals surface area contributed by atoms with Crippen molar-refractivity contribution < 1.29 is 4.39 Å². The highest BCUT2D eigenvalue weighted by molar-refractivity contribution is 6.31. The molecule has 0 unspecified atom stereocenters. The van der Waals surface area contributed by atoms with E-state index in [0.29, 0.717) is 22.1 Å². The minimum atomic E-state index is -0.549. The number of nitrogens with zero attached hydrogens (tertiary/aromatic N) is 1. The lowest BCUT2D eigenvalue weighted by molar-refractivity contribution is 0.624. The van der Waals surface area contributed by atoms with Gasteiger partial charge in [0.1, 0.15) is 11.9 Å². The summed E-state index contributed by atoms with van der Waals surface area (Å²) in [7, 11) is 0. The Morgan fingerprint density at radius 1 is 1.22 bits per heavy atom. The number of nitrogens with two attached hydrogens (primary N) is 1. The second-order valence-electron chi connectivity index (χ2n) is 3.66. The fourth-order valence-electron chi connectivity index (χ4n) is 1.49. The quantitative estimate of drug-likeness (QED) is 0.811. The predicted molar refractivity (Wildman–Crippen MR) is 70.3 cm³/mol. The summed E-state index contributed by atoms with van der Waals surface area (Å²) in [4.78, 5) is 0. The van der Waals surface area contributed by atoms with Crippen molar-refractivity contribution in [3.05, 3.63) is 52.8 Å². The highest BCUT2D eigenvalue weighted by atomic mass is 35.5. The van der Waals surface area contributed by atoms with Crippen LogP contribution in [0.3, 0.4) is 0 Å². The highest BCUT2D eigenvalue weighted by Crippen LogP contribution is 2.26. The van der Waals surface area contributed by atoms with Crippen molar-refractivity contribution in [1.82, 2.24) is 0 Å². The smallest absolute Gasteiger partial charge is 0.141 e. The minimum Gasteiger partial charge on any atom is -0.397 e. The van der Waals surface area contributed by atoms with Gasteiger partial charge in [0.05, 0.1) is 16.9 Å². The lowest BCUT2D eigenvalue weighted by Gasteiger charge is -2.10. The van der Waals surface area contributed by atoms with Gasteiger partial charge in [-0.3, -0.25) is 0 Å². The molecule has 0 fully saturated rings. The van der Waals surface area contributed by atoms with E-state index < -0.39 is 5.82 Å². The number of halogens is 2. The first-order chi connectivity index (χ1) is 8.60. The topological polar surface area (TPSA) is 61.8 Å². The largest absolute Gasteiger partial charge is 0.397 e. The lowest BCUT2D eigenvalue weighted by Crippen LogP contribution is -1.97. The van der Waals surface area contributed by atoms with Gasteiger partial charge in [0.2, 0.25) is 0 Å². The van der Waals surface area contributed by atoms with Crippen molar-refractivity contribution in [1.29, 1.82) is 5.26 Å². The van der Waals surface area contributed by atoms with E-state index in [1.54, 1.807) is 24.3 Å². The van der Waals surface area contributed by atoms with Gasteiger partial charge in [0.25, 0.3) is 0 Å². The molecule has 0 saturated carbocycles. The van der Waals surface area contributed by atoms with Gasteiger partial charge in [0.15, 0.2) is 0 Å². The molecule has 0 aromatic heterocycles. The monoisotopic (exact) mass is 261 g/mol. The Bertz CT molecular complexity index is 635. The third kappa shape index (κ3) is 2.53. The molecular formula is C13H9ClFN3. The molecule has 0 radical (unpaired) electrons. The number of anilines is 3. The molecule has 2 aromatic carbocycles. The van der Waals surface area contributed by atoms with Crippen LogP contribution in [0.25, 0.3) is 0 Å². The molecule has 0 aliphatic rings. The number of nitrogens with one attached hydrogen (secondary N) is 1. The van der Waals surface area contributed by atoms with Crippen LogP contribution in [0.4, 0.5) is 21.5 Å². The van der Waals surface area contributed by atoms with E-state index in [0.717, 1.165) is 0 Å². The van der Waals surface area contributed by atoms with E-state index in [9.17, 15) is 4.39 Å². The molecule has 2 rings (SSSR count). The van der Waals surface area contributed by atoms with Crippen molar-refractivity contribution in [3.8, 4) is 6.07 Å². The van der Waals surface area contributed by atoms with Gasteiger partial charge in [-0.2, -0.15) is 5.26 Å². The molecule has 0 spiro atoms. The molecule has 0 saturated heterocycles. The molecule has 5 heteroatoms. The van der Waals surface area contributed by atoms with Crippen LogP contribution in [-0.4, -0.2) is 0 Å². The SMILES string of the molecule is N#Cc1cc(Nc2ccc(Cl)cc2N)ccc1F. The Kier molecular flexibility index (Phi) is 3.35. The number of hydrogen-bond donors (Lipinski definition) is 2. The summed E-state index contributed by atoms with van der Waals surface area (Å²) in [5.41, 5.74) is 7.47. The van der Waals surface area contributed by atoms with E-state index in [1.807, 2.05) is 0 Å². The Balaban J connectivity index is 2.32. The van der Waals surface area contributed by atoms with E-state index in [1.165, 1.54) is 18.2 Å². The summed E-state index contributed by atoms with van der Waals surface area (Å²) in [6.07, 6.45) is 0. The molecule has 90 valence electrons. The summed E-state index contributed by atoms with van der Waals surface area (Å²) in [5.74, 6) is -0.549. The lowest BCUT2D eigenvalue weighted by atomic mass is 10.2. The Labute approximate surface area is 109 Å². The maximum Gasteiger partial charge on any atom is 0.141 e. The molecule has 2 aromatic rings. The number of nitrogen functional groups attached to an aromatic ring is 1. The van der Waals surface area contributed by atoms with Crippen LogP contribution in [-0.2, 0) is 0 Å². The van der Waals surface area contributed by atoms with Crippen LogP contribution in [0.5, 0.6) is 0 Å². The number of hydrogen-bond acceptors (Lipinski definition) is 3. The van der Waals surface area contributed by atoms with Crippen LogP contribution in [0.15, 0.2) is 36.4 Å². The van der Waals surface area contributed by atoms with Gasteiger partial charge in [-0.1, -0.05) is 11.6 Å². The van der Waals surface area contributed by atoms with Crippen molar-refractivity contribution in [2.24, 2.45) is 0 Å². The van der Waals surface area contributed by atoms with Gasteiger partial charge in [-0.05, 0) is 36.4 Å². The summed E-state index contributed by atoms with van der Waals surface area (Å²) in [6, 6.07) is 11.0. The summed E-state index contributed by atoms with van der Waals surface area (Å²) < 4.78 is 13.1. The summed E-state index contributed by atoms with van der Waals surface area (Å²) in [5, 5.41) is 12.3. The Hall–Kier alpha value is -2.25. The molecule has 0 amide bonds. The molecule has 3 nitrogen and oxygen atoms in total. The first-order valence-corrected chi connectivity index (χ1v) is 5.49. The molecule has 0 aliphatic heterocycles. The number of nitriles is 1. The fraction of sp³-hybridized carbons (Fsp3) is 0. The first kappa shape index (κ1) is 12.2. The molecule has 18 heavy (non-hydrogen) atoms. The maximum absolute atomic E-state index is 13.1. The van der Waals surface area contributed by atoms with E-state index in [4.69, 9.17) is 22.6 Å². The number of benzene rings is 2. The normalized spacial score (nSPS) is 9.83. The van der Waals surface area contributed by atoms with Crippen LogP contribution < -0.4 is 11.1 Å². The predicted octanol–water partition coefficient (Wildman–Crippen LogP) is 3.68. The fourth-order valence-corrected chi connectivity index (χ4v) is 1.67. The zero-order chi connectivity index (χ0) is 13.1. The average Bonchev–Trinajstić information content (AvgIpc) is 2.35. The van der Waals surface area contributed by atoms with Crippen LogP contribution >= 0.6 is 11.6 Å². The van der Waals surface area contributed by atoms with Crippen molar-refractivity contribution in [2.75, 3.05) is 11.1 Å². The molecule has 0 bridgehead atoms. The van der Waals surface area contributed by atoms with Crippen LogP contribution in [0, 0.1) is 17.1 Å². The first-order valence-electron chi connectivity index (χ1n) is 5.12. The van der Waals surface area contributed by atoms with Crippen molar-refractivity contribution in [3.63, 3.8) is 0 Å². The molecule has 0 atom stereocenters. The van der Waals surface area contributed by atoms with Crippen LogP contribution in [0.1, 0.15) is 5.56 Å². The van der Waals surface area contributed by atoms with E-state index in [2.05, 4.69) is 5.32 Å². The van der Waals surface area contributed by atoms with Gasteiger partial charge in [-0.25, -0.2) is 4.39 Å². The second-order valence-corrected chi connectivity index (χ2v) is 4.10. The number of rotatable bonds is 2. The zero-order valence-corrected chi connectivity index (χ0v) is 10.0. The standard InChI is InChI=1S/C13H9ClFN3/c14-9-1-4-13(12(17)6-9)18-10-2-3-11(15)8(5-10)7-16/h1-6,18H,17H2. The van der Waals surface area contributed by atoms with Gasteiger partial charge in [-0.15, -0.1) is 0 Å². The molecular weight excluding hydrogens is 253 g/mol. The summed E-state index contributed by atoms with van der Waals surface area (Å²) in [6.45, 7) is 0. The van der Waals surface area contributed by atoms with Crippen molar-refractivity contribution in [2.45, 2.75) is 0 Å². The van der Waals surface area contributed by atoms with Gasteiger partial charge >= 0.3 is 0 Å². The average molecular weight is 262 g/mol. The molecule has 0 heterocycles. The molecule has 0 aliphatic carbocycles. The second kappa shape index (κ2) is 4.94. The van der Waals surface area contributed by atoms with Gasteiger partial charge < -0.3 is 11.1 Å². The molecule has 3 N–H and O–H groups in total. The van der Waals surface area contributed by atoms with E-state index >= 15 is 0 Å². The zero-order valence-electron chi connectivity index (χ0n) is 9.24. The van der Waals surface area contributed by atoms with Gasteiger partial charge in [0, 0.05) is 10.7 Å².